The van der Waals surface area contributed by atoms with Crippen molar-refractivity contribution in [2.24, 2.45) is 0 Å². The van der Waals surface area contributed by atoms with Gasteiger partial charge in [-0.3, -0.25) is 9.69 Å². The second-order valence-electron chi connectivity index (χ2n) is 7.56. The van der Waals surface area contributed by atoms with Crippen molar-refractivity contribution in [2.75, 3.05) is 13.9 Å². The van der Waals surface area contributed by atoms with Crippen LogP contribution in [0, 0.1) is 0 Å². The topological polar surface area (TPSA) is 77.1 Å². The average molecular weight is 404 g/mol. The smallest absolute Gasteiger partial charge is 0.325 e. The molecule has 3 aromatic rings. The van der Waals surface area contributed by atoms with Crippen LogP contribution < -0.4 is 19.5 Å². The predicted octanol–water partition coefficient (Wildman–Crippen LogP) is 3.54. The van der Waals surface area contributed by atoms with Gasteiger partial charge in [0, 0.05) is 0 Å². The zero-order chi connectivity index (χ0) is 20.9. The van der Waals surface area contributed by atoms with E-state index in [4.69, 9.17) is 14.2 Å². The molecule has 2 aliphatic rings. The monoisotopic (exact) mass is 404 g/mol. The minimum Gasteiger partial charge on any atom is -0.497 e. The molecule has 0 radical (unpaired) electrons. The molecule has 0 aromatic heterocycles. The number of hydrogen-bond acceptors (Lipinski definition) is 5. The van der Waals surface area contributed by atoms with Crippen molar-refractivity contribution in [3.8, 4) is 17.2 Å². The number of amides is 3. The molecule has 2 aliphatic heterocycles. The van der Waals surface area contributed by atoms with Crippen LogP contribution >= 0.6 is 0 Å². The van der Waals surface area contributed by atoms with Gasteiger partial charge in [0.2, 0.25) is 6.79 Å². The lowest BCUT2D eigenvalue weighted by molar-refractivity contribution is -0.131. The first kappa shape index (κ1) is 18.3. The lowest BCUT2D eigenvalue weighted by Gasteiger charge is -2.23. The molecule has 152 valence electrons. The molecule has 7 nitrogen and oxygen atoms in total. The summed E-state index contributed by atoms with van der Waals surface area (Å²) in [5.74, 6) is 1.75. The number of methoxy groups -OCH3 is 1. The molecule has 0 aliphatic carbocycles. The van der Waals surface area contributed by atoms with E-state index in [1.807, 2.05) is 42.5 Å². The van der Waals surface area contributed by atoms with Gasteiger partial charge in [-0.15, -0.1) is 0 Å². The molecule has 30 heavy (non-hydrogen) atoms. The number of nitrogens with zero attached hydrogens (tertiary/aromatic N) is 1. The van der Waals surface area contributed by atoms with E-state index in [-0.39, 0.29) is 19.2 Å². The van der Waals surface area contributed by atoms with Gasteiger partial charge in [-0.2, -0.15) is 0 Å². The van der Waals surface area contributed by atoms with E-state index in [0.29, 0.717) is 11.5 Å². The van der Waals surface area contributed by atoms with E-state index in [9.17, 15) is 9.59 Å². The highest BCUT2D eigenvalue weighted by Gasteiger charge is 2.49. The molecule has 1 saturated heterocycles. The molecule has 0 saturated carbocycles. The zero-order valence-corrected chi connectivity index (χ0v) is 16.6. The standard InChI is InChI=1S/C23H20N2O5/c1-23(17-6-4-16-11-18(28-2)7-5-15(16)10-17)21(26)25(22(27)24-23)12-14-3-8-19-20(9-14)30-13-29-19/h3-11H,12-13H2,1-2H3,(H,24,27)/t23-/m0/s1. The van der Waals surface area contributed by atoms with Crippen LogP contribution in [-0.2, 0) is 16.9 Å². The lowest BCUT2D eigenvalue weighted by atomic mass is 9.90. The second-order valence-corrected chi connectivity index (χ2v) is 7.56. The quantitative estimate of drug-likeness (QED) is 0.673. The van der Waals surface area contributed by atoms with Crippen molar-refractivity contribution in [2.45, 2.75) is 19.0 Å². The number of carbonyl (C=O) groups is 2. The summed E-state index contributed by atoms with van der Waals surface area (Å²) < 4.78 is 16.0. The number of ether oxygens (including phenoxy) is 3. The number of carbonyl (C=O) groups excluding carboxylic acids is 2. The number of fused-ring (bicyclic) bond motifs is 2. The van der Waals surface area contributed by atoms with Crippen LogP contribution in [0.25, 0.3) is 10.8 Å². The Labute approximate surface area is 173 Å². The van der Waals surface area contributed by atoms with E-state index >= 15 is 0 Å². The Kier molecular flexibility index (Phi) is 4.06. The maximum absolute atomic E-state index is 13.3. The SMILES string of the molecule is COc1ccc2cc([C@]3(C)NC(=O)N(Cc4ccc5c(c4)OCO5)C3=O)ccc2c1. The summed E-state index contributed by atoms with van der Waals surface area (Å²) in [6.07, 6.45) is 0. The van der Waals surface area contributed by atoms with Crippen LogP contribution in [0.1, 0.15) is 18.1 Å². The highest BCUT2D eigenvalue weighted by Crippen LogP contribution is 2.35. The van der Waals surface area contributed by atoms with Crippen LogP contribution in [0.3, 0.4) is 0 Å². The van der Waals surface area contributed by atoms with E-state index in [0.717, 1.165) is 27.6 Å². The largest absolute Gasteiger partial charge is 0.497 e. The molecule has 0 spiro atoms. The second kappa shape index (κ2) is 6.66. The molecule has 1 fully saturated rings. The van der Waals surface area contributed by atoms with Crippen LogP contribution in [0.5, 0.6) is 17.2 Å². The lowest BCUT2D eigenvalue weighted by Crippen LogP contribution is -2.40. The summed E-state index contributed by atoms with van der Waals surface area (Å²) in [6.45, 7) is 2.06. The van der Waals surface area contributed by atoms with Crippen molar-refractivity contribution in [3.63, 3.8) is 0 Å². The van der Waals surface area contributed by atoms with Crippen LogP contribution in [0.4, 0.5) is 4.79 Å². The third kappa shape index (κ3) is 2.82. The van der Waals surface area contributed by atoms with Crippen molar-refractivity contribution in [3.05, 3.63) is 65.7 Å². The normalized spacial score (nSPS) is 20.0. The number of urea groups is 1. The third-order valence-corrected chi connectivity index (χ3v) is 5.68. The molecule has 0 bridgehead atoms. The maximum atomic E-state index is 13.3. The van der Waals surface area contributed by atoms with Gasteiger partial charge in [0.1, 0.15) is 11.3 Å². The molecular formula is C23H20N2O5. The van der Waals surface area contributed by atoms with Crippen molar-refractivity contribution < 1.29 is 23.8 Å². The Morgan fingerprint density at radius 2 is 1.77 bits per heavy atom. The van der Waals surface area contributed by atoms with Gasteiger partial charge >= 0.3 is 6.03 Å². The summed E-state index contributed by atoms with van der Waals surface area (Å²) in [5.41, 5.74) is 0.381. The first-order chi connectivity index (χ1) is 14.5. The zero-order valence-electron chi connectivity index (χ0n) is 16.6. The van der Waals surface area contributed by atoms with Gasteiger partial charge in [-0.1, -0.05) is 24.3 Å². The predicted molar refractivity (Wildman–Crippen MR) is 109 cm³/mol. The number of hydrogen-bond donors (Lipinski definition) is 1. The van der Waals surface area contributed by atoms with Gasteiger partial charge in [0.25, 0.3) is 5.91 Å². The number of rotatable bonds is 4. The summed E-state index contributed by atoms with van der Waals surface area (Å²) >= 11 is 0. The fourth-order valence-electron chi connectivity index (χ4n) is 3.92. The highest BCUT2D eigenvalue weighted by atomic mass is 16.7. The molecular weight excluding hydrogens is 384 g/mol. The van der Waals surface area contributed by atoms with E-state index in [1.54, 1.807) is 26.2 Å². The minimum atomic E-state index is -1.14. The number of benzene rings is 3. The van der Waals surface area contributed by atoms with E-state index in [1.165, 1.54) is 4.90 Å². The van der Waals surface area contributed by atoms with Crippen molar-refractivity contribution >= 4 is 22.7 Å². The molecule has 3 aromatic carbocycles. The first-order valence-electron chi connectivity index (χ1n) is 9.59. The van der Waals surface area contributed by atoms with Crippen molar-refractivity contribution in [1.82, 2.24) is 10.2 Å². The molecule has 5 rings (SSSR count). The molecule has 0 unspecified atom stereocenters. The maximum Gasteiger partial charge on any atom is 0.325 e. The molecule has 2 heterocycles. The minimum absolute atomic E-state index is 0.154. The Hall–Kier alpha value is -3.74. The van der Waals surface area contributed by atoms with Crippen LogP contribution in [-0.4, -0.2) is 30.7 Å². The molecule has 3 amide bonds. The Bertz CT molecular complexity index is 1190. The van der Waals surface area contributed by atoms with Crippen LogP contribution in [0.15, 0.2) is 54.6 Å². The van der Waals surface area contributed by atoms with Gasteiger partial charge in [0.15, 0.2) is 11.5 Å². The molecule has 1 atom stereocenters. The fourth-order valence-corrected chi connectivity index (χ4v) is 3.92. The summed E-state index contributed by atoms with van der Waals surface area (Å²) in [4.78, 5) is 27.2. The third-order valence-electron chi connectivity index (χ3n) is 5.68. The van der Waals surface area contributed by atoms with Gasteiger partial charge in [-0.25, -0.2) is 4.79 Å². The summed E-state index contributed by atoms with van der Waals surface area (Å²) in [6, 6.07) is 16.4. The molecule has 1 N–H and O–H groups in total. The summed E-state index contributed by atoms with van der Waals surface area (Å²) in [5, 5.41) is 4.82. The highest BCUT2D eigenvalue weighted by molar-refractivity contribution is 6.07. The van der Waals surface area contributed by atoms with Gasteiger partial charge in [-0.05, 0) is 59.2 Å². The first-order valence-corrected chi connectivity index (χ1v) is 9.59. The average Bonchev–Trinajstić information content (AvgIpc) is 3.31. The Morgan fingerprint density at radius 3 is 2.60 bits per heavy atom. The Balaban J connectivity index is 1.44. The number of imide groups is 1. The number of nitrogens with one attached hydrogen (secondary N) is 1. The van der Waals surface area contributed by atoms with Gasteiger partial charge in [0.05, 0.1) is 13.7 Å². The van der Waals surface area contributed by atoms with E-state index < -0.39 is 11.6 Å². The fraction of sp³-hybridized carbons (Fsp3) is 0.217. The van der Waals surface area contributed by atoms with Crippen molar-refractivity contribution in [1.29, 1.82) is 0 Å². The van der Waals surface area contributed by atoms with Gasteiger partial charge < -0.3 is 19.5 Å². The van der Waals surface area contributed by atoms with E-state index in [2.05, 4.69) is 5.32 Å². The Morgan fingerprint density at radius 1 is 1.00 bits per heavy atom. The summed E-state index contributed by atoms with van der Waals surface area (Å²) in [7, 11) is 1.62. The molecule has 7 heteroatoms. The van der Waals surface area contributed by atoms with Crippen LogP contribution in [0.2, 0.25) is 0 Å².